The maximum absolute atomic E-state index is 9.35. The maximum atomic E-state index is 9.35. The van der Waals surface area contributed by atoms with Gasteiger partial charge < -0.3 is 10.4 Å². The normalized spacial score (nSPS) is 36.2. The van der Waals surface area contributed by atoms with Gasteiger partial charge in [0.05, 0.1) is 6.10 Å². The van der Waals surface area contributed by atoms with Gasteiger partial charge in [0.1, 0.15) is 0 Å². The van der Waals surface area contributed by atoms with Gasteiger partial charge in [-0.2, -0.15) is 0 Å². The van der Waals surface area contributed by atoms with Gasteiger partial charge in [-0.25, -0.2) is 0 Å². The van der Waals surface area contributed by atoms with E-state index < -0.39 is 0 Å². The second kappa shape index (κ2) is 3.00. The minimum Gasteiger partial charge on any atom is -0.393 e. The molecule has 0 aliphatic heterocycles. The molecule has 0 atom stereocenters. The molecule has 0 heterocycles. The van der Waals surface area contributed by atoms with Crippen molar-refractivity contribution in [2.75, 3.05) is 13.6 Å². The molecule has 0 saturated heterocycles. The van der Waals surface area contributed by atoms with Crippen LogP contribution in [0.1, 0.15) is 33.6 Å². The third-order valence-electron chi connectivity index (χ3n) is 3.36. The molecular formula is C10H21NO. The van der Waals surface area contributed by atoms with Crippen molar-refractivity contribution in [3.63, 3.8) is 0 Å². The number of aliphatic hydroxyl groups is 1. The monoisotopic (exact) mass is 171 g/mol. The fourth-order valence-electron chi connectivity index (χ4n) is 2.20. The first-order valence-corrected chi connectivity index (χ1v) is 4.74. The summed E-state index contributed by atoms with van der Waals surface area (Å²) < 4.78 is 0. The van der Waals surface area contributed by atoms with E-state index in [-0.39, 0.29) is 6.10 Å². The number of nitrogens with one attached hydrogen (secondary N) is 1. The number of rotatable bonds is 2. The van der Waals surface area contributed by atoms with E-state index in [1.807, 2.05) is 7.05 Å². The lowest BCUT2D eigenvalue weighted by Crippen LogP contribution is -2.54. The Hall–Kier alpha value is -0.0800. The van der Waals surface area contributed by atoms with E-state index in [4.69, 9.17) is 0 Å². The minimum atomic E-state index is -0.0578. The van der Waals surface area contributed by atoms with Crippen LogP contribution in [0, 0.1) is 10.8 Å². The van der Waals surface area contributed by atoms with Crippen LogP contribution >= 0.6 is 0 Å². The van der Waals surface area contributed by atoms with Crippen LogP contribution < -0.4 is 5.32 Å². The van der Waals surface area contributed by atoms with E-state index in [2.05, 4.69) is 26.1 Å². The van der Waals surface area contributed by atoms with Crippen LogP contribution in [0.15, 0.2) is 0 Å². The molecule has 0 aromatic carbocycles. The van der Waals surface area contributed by atoms with Crippen LogP contribution in [0.4, 0.5) is 0 Å². The van der Waals surface area contributed by atoms with E-state index in [1.165, 1.54) is 0 Å². The van der Waals surface area contributed by atoms with Gasteiger partial charge in [0, 0.05) is 6.54 Å². The Labute approximate surface area is 75.4 Å². The summed E-state index contributed by atoms with van der Waals surface area (Å²) in [5.41, 5.74) is 0.621. The molecule has 12 heavy (non-hydrogen) atoms. The first-order chi connectivity index (χ1) is 5.41. The van der Waals surface area contributed by atoms with Crippen LogP contribution in [-0.4, -0.2) is 24.8 Å². The molecule has 0 amide bonds. The molecule has 2 nitrogen and oxygen atoms in total. The third-order valence-corrected chi connectivity index (χ3v) is 3.36. The summed E-state index contributed by atoms with van der Waals surface area (Å²) in [6, 6.07) is 0. The van der Waals surface area contributed by atoms with Gasteiger partial charge in [-0.1, -0.05) is 20.8 Å². The van der Waals surface area contributed by atoms with Crippen molar-refractivity contribution in [1.29, 1.82) is 0 Å². The Kier molecular flexibility index (Phi) is 2.50. The Morgan fingerprint density at radius 3 is 2.17 bits per heavy atom. The van der Waals surface area contributed by atoms with Crippen molar-refractivity contribution in [1.82, 2.24) is 5.32 Å². The molecular weight excluding hydrogens is 150 g/mol. The molecule has 1 aliphatic rings. The summed E-state index contributed by atoms with van der Waals surface area (Å²) in [5.74, 6) is 0. The molecule has 0 radical (unpaired) electrons. The van der Waals surface area contributed by atoms with Gasteiger partial charge in [0.15, 0.2) is 0 Å². The van der Waals surface area contributed by atoms with Gasteiger partial charge in [0.25, 0.3) is 0 Å². The lowest BCUT2D eigenvalue weighted by atomic mass is 9.54. The quantitative estimate of drug-likeness (QED) is 0.658. The molecule has 0 aromatic rings. The summed E-state index contributed by atoms with van der Waals surface area (Å²) in [7, 11) is 1.98. The van der Waals surface area contributed by atoms with Crippen LogP contribution in [0.5, 0.6) is 0 Å². The van der Waals surface area contributed by atoms with Gasteiger partial charge >= 0.3 is 0 Å². The predicted octanol–water partition coefficient (Wildman–Crippen LogP) is 1.39. The van der Waals surface area contributed by atoms with Crippen molar-refractivity contribution in [3.05, 3.63) is 0 Å². The maximum Gasteiger partial charge on any atom is 0.0552 e. The first kappa shape index (κ1) is 10.0. The first-order valence-electron chi connectivity index (χ1n) is 4.74. The Morgan fingerprint density at radius 1 is 1.42 bits per heavy atom. The SMILES string of the molecule is CNCC1(C(C)(C)C)CC(O)C1. The van der Waals surface area contributed by atoms with Gasteiger partial charge in [-0.3, -0.25) is 0 Å². The second-order valence-electron chi connectivity index (χ2n) is 5.12. The van der Waals surface area contributed by atoms with Crippen LogP contribution in [0.3, 0.4) is 0 Å². The van der Waals surface area contributed by atoms with Crippen LogP contribution in [0.2, 0.25) is 0 Å². The third kappa shape index (κ3) is 1.50. The summed E-state index contributed by atoms with van der Waals surface area (Å²) in [4.78, 5) is 0. The average molecular weight is 171 g/mol. The zero-order chi connectivity index (χ0) is 9.41. The Balaban J connectivity index is 2.63. The fourth-order valence-corrected chi connectivity index (χ4v) is 2.20. The number of hydrogen-bond acceptors (Lipinski definition) is 2. The smallest absolute Gasteiger partial charge is 0.0552 e. The van der Waals surface area contributed by atoms with Crippen molar-refractivity contribution >= 4 is 0 Å². The Morgan fingerprint density at radius 2 is 1.92 bits per heavy atom. The molecule has 0 aromatic heterocycles. The Bertz CT molecular complexity index is 148. The molecule has 2 N–H and O–H groups in total. The van der Waals surface area contributed by atoms with Crippen LogP contribution in [0.25, 0.3) is 0 Å². The largest absolute Gasteiger partial charge is 0.393 e. The van der Waals surface area contributed by atoms with Crippen LogP contribution in [-0.2, 0) is 0 Å². The minimum absolute atomic E-state index is 0.0578. The van der Waals surface area contributed by atoms with Gasteiger partial charge in [-0.15, -0.1) is 0 Å². The highest BCUT2D eigenvalue weighted by molar-refractivity contribution is 5.02. The number of hydrogen-bond donors (Lipinski definition) is 2. The summed E-state index contributed by atoms with van der Waals surface area (Å²) in [6.45, 7) is 7.80. The standard InChI is InChI=1S/C10H21NO/c1-9(2,3)10(7-11-4)5-8(12)6-10/h8,11-12H,5-7H2,1-4H3. The summed E-state index contributed by atoms with van der Waals surface area (Å²) in [5, 5.41) is 12.6. The highest BCUT2D eigenvalue weighted by Crippen LogP contribution is 2.53. The van der Waals surface area contributed by atoms with Crippen molar-refractivity contribution in [3.8, 4) is 0 Å². The molecule has 1 aliphatic carbocycles. The topological polar surface area (TPSA) is 32.3 Å². The molecule has 1 fully saturated rings. The molecule has 1 rings (SSSR count). The van der Waals surface area contributed by atoms with Crippen molar-refractivity contribution in [2.45, 2.75) is 39.7 Å². The highest BCUT2D eigenvalue weighted by Gasteiger charge is 2.50. The second-order valence-corrected chi connectivity index (χ2v) is 5.12. The van der Waals surface area contributed by atoms with E-state index in [9.17, 15) is 5.11 Å². The molecule has 2 heteroatoms. The summed E-state index contributed by atoms with van der Waals surface area (Å²) in [6.07, 6.45) is 1.85. The zero-order valence-electron chi connectivity index (χ0n) is 8.65. The van der Waals surface area contributed by atoms with Gasteiger partial charge in [-0.05, 0) is 30.7 Å². The molecule has 0 unspecified atom stereocenters. The molecule has 0 spiro atoms. The van der Waals surface area contributed by atoms with Gasteiger partial charge in [0.2, 0.25) is 0 Å². The van der Waals surface area contributed by atoms with E-state index in [0.717, 1.165) is 19.4 Å². The van der Waals surface area contributed by atoms with E-state index in [0.29, 0.717) is 10.8 Å². The highest BCUT2D eigenvalue weighted by atomic mass is 16.3. The fraction of sp³-hybridized carbons (Fsp3) is 1.00. The lowest BCUT2D eigenvalue weighted by molar-refractivity contribution is -0.0964. The van der Waals surface area contributed by atoms with E-state index in [1.54, 1.807) is 0 Å². The average Bonchev–Trinajstić information content (AvgIpc) is 1.81. The zero-order valence-corrected chi connectivity index (χ0v) is 8.65. The number of aliphatic hydroxyl groups excluding tert-OH is 1. The summed E-state index contributed by atoms with van der Waals surface area (Å²) >= 11 is 0. The molecule has 0 bridgehead atoms. The van der Waals surface area contributed by atoms with Crippen molar-refractivity contribution < 1.29 is 5.11 Å². The molecule has 1 saturated carbocycles. The van der Waals surface area contributed by atoms with E-state index >= 15 is 0 Å². The molecule has 72 valence electrons. The predicted molar refractivity (Wildman–Crippen MR) is 51.1 cm³/mol. The van der Waals surface area contributed by atoms with Crippen molar-refractivity contribution in [2.24, 2.45) is 10.8 Å². The lowest BCUT2D eigenvalue weighted by Gasteiger charge is -2.54.